The van der Waals surface area contributed by atoms with Gasteiger partial charge in [-0.05, 0) is 96.5 Å². The summed E-state index contributed by atoms with van der Waals surface area (Å²) in [5.74, 6) is -1.32. The Hall–Kier alpha value is -3.20. The Morgan fingerprint density at radius 1 is 1.00 bits per heavy atom. The SMILES string of the molecule is CCc1ccccc1N1C(=O)NC(=O)/C(=C\c2cc(C)n(-c3ccc(I)cc3)c2C)C1=O. The number of imide groups is 2. The lowest BCUT2D eigenvalue weighted by atomic mass is 10.0. The van der Waals surface area contributed by atoms with Crippen molar-refractivity contribution in [2.75, 3.05) is 4.90 Å². The first kappa shape index (κ1) is 22.0. The minimum atomic E-state index is -0.734. The third-order valence-electron chi connectivity index (χ3n) is 5.57. The van der Waals surface area contributed by atoms with Gasteiger partial charge in [0.1, 0.15) is 5.57 Å². The highest BCUT2D eigenvalue weighted by Crippen LogP contribution is 2.28. The van der Waals surface area contributed by atoms with Gasteiger partial charge in [-0.3, -0.25) is 14.9 Å². The van der Waals surface area contributed by atoms with Gasteiger partial charge in [0.25, 0.3) is 11.8 Å². The number of aromatic nitrogens is 1. The summed E-state index contributed by atoms with van der Waals surface area (Å²) in [6.07, 6.45) is 2.22. The molecule has 1 aliphatic heterocycles. The summed E-state index contributed by atoms with van der Waals surface area (Å²) in [6.45, 7) is 5.87. The number of nitrogens with zero attached hydrogens (tertiary/aromatic N) is 2. The summed E-state index contributed by atoms with van der Waals surface area (Å²) in [4.78, 5) is 39.5. The fourth-order valence-corrected chi connectivity index (χ4v) is 4.34. The van der Waals surface area contributed by atoms with E-state index in [0.29, 0.717) is 12.1 Å². The van der Waals surface area contributed by atoms with Crippen LogP contribution in [0.2, 0.25) is 0 Å². The van der Waals surface area contributed by atoms with E-state index >= 15 is 0 Å². The first-order valence-corrected chi connectivity index (χ1v) is 11.3. The molecule has 0 bridgehead atoms. The second-order valence-electron chi connectivity index (χ2n) is 7.58. The molecular weight excluding hydrogens is 517 g/mol. The lowest BCUT2D eigenvalue weighted by molar-refractivity contribution is -0.122. The largest absolute Gasteiger partial charge is 0.335 e. The van der Waals surface area contributed by atoms with E-state index in [1.54, 1.807) is 18.2 Å². The van der Waals surface area contributed by atoms with Crippen LogP contribution in [0.1, 0.15) is 29.4 Å². The molecule has 6 nitrogen and oxygen atoms in total. The standard InChI is InChI=1S/C25H22IN3O3/c1-4-17-7-5-6-8-22(17)29-24(31)21(23(30)27-25(29)32)14-18-13-15(2)28(16(18)3)20-11-9-19(26)10-12-20/h5-14H,4H2,1-3H3,(H,27,30,32)/b21-14+. The first-order chi connectivity index (χ1) is 15.3. The fraction of sp³-hybridized carbons (Fsp3) is 0.160. The summed E-state index contributed by atoms with van der Waals surface area (Å²) in [5.41, 5.74) is 4.88. The Morgan fingerprint density at radius 3 is 2.38 bits per heavy atom. The molecule has 2 aromatic carbocycles. The van der Waals surface area contributed by atoms with Gasteiger partial charge < -0.3 is 4.57 Å². The van der Waals surface area contributed by atoms with E-state index in [1.165, 1.54) is 0 Å². The molecule has 0 atom stereocenters. The van der Waals surface area contributed by atoms with E-state index in [4.69, 9.17) is 0 Å². The number of nitrogens with one attached hydrogen (secondary N) is 1. The average molecular weight is 539 g/mol. The number of hydrogen-bond donors (Lipinski definition) is 1. The molecule has 7 heteroatoms. The van der Waals surface area contributed by atoms with Crippen molar-refractivity contribution in [3.8, 4) is 5.69 Å². The van der Waals surface area contributed by atoms with Gasteiger partial charge in [0.2, 0.25) is 0 Å². The molecule has 0 radical (unpaired) electrons. The number of urea groups is 1. The summed E-state index contributed by atoms with van der Waals surface area (Å²) < 4.78 is 3.21. The average Bonchev–Trinajstić information content (AvgIpc) is 3.05. The number of halogens is 1. The monoisotopic (exact) mass is 539 g/mol. The number of para-hydroxylation sites is 1. The smallest absolute Gasteiger partial charge is 0.318 e. The quantitative estimate of drug-likeness (QED) is 0.291. The van der Waals surface area contributed by atoms with Gasteiger partial charge >= 0.3 is 6.03 Å². The van der Waals surface area contributed by atoms with Crippen LogP contribution < -0.4 is 10.2 Å². The zero-order valence-electron chi connectivity index (χ0n) is 18.0. The van der Waals surface area contributed by atoms with Gasteiger partial charge in [-0.2, -0.15) is 0 Å². The molecule has 2 heterocycles. The highest BCUT2D eigenvalue weighted by Gasteiger charge is 2.37. The number of carbonyl (C=O) groups excluding carboxylic acids is 3. The minimum absolute atomic E-state index is 0.0710. The molecule has 0 unspecified atom stereocenters. The molecule has 0 aliphatic carbocycles. The van der Waals surface area contributed by atoms with Crippen molar-refractivity contribution in [2.24, 2.45) is 0 Å². The van der Waals surface area contributed by atoms with Crippen molar-refractivity contribution in [2.45, 2.75) is 27.2 Å². The predicted octanol–water partition coefficient (Wildman–Crippen LogP) is 4.93. The maximum atomic E-state index is 13.3. The summed E-state index contributed by atoms with van der Waals surface area (Å²) in [6, 6.07) is 16.5. The zero-order chi connectivity index (χ0) is 23.0. The number of amides is 4. The number of barbiturate groups is 1. The van der Waals surface area contributed by atoms with Gasteiger partial charge in [0, 0.05) is 20.6 Å². The predicted molar refractivity (Wildman–Crippen MR) is 133 cm³/mol. The molecule has 1 N–H and O–H groups in total. The lowest BCUT2D eigenvalue weighted by Gasteiger charge is -2.28. The maximum absolute atomic E-state index is 13.3. The van der Waals surface area contributed by atoms with Crippen molar-refractivity contribution in [3.05, 3.63) is 86.3 Å². The van der Waals surface area contributed by atoms with Crippen LogP contribution in [0, 0.1) is 17.4 Å². The van der Waals surface area contributed by atoms with Gasteiger partial charge in [-0.15, -0.1) is 0 Å². The number of anilines is 1. The molecule has 1 aliphatic rings. The molecule has 1 saturated heterocycles. The molecule has 0 spiro atoms. The third-order valence-corrected chi connectivity index (χ3v) is 6.29. The number of carbonyl (C=O) groups is 3. The minimum Gasteiger partial charge on any atom is -0.318 e. The Kier molecular flexibility index (Phi) is 6.01. The first-order valence-electron chi connectivity index (χ1n) is 10.3. The molecule has 162 valence electrons. The molecule has 1 fully saturated rings. The van der Waals surface area contributed by atoms with Crippen LogP contribution in [-0.2, 0) is 16.0 Å². The Morgan fingerprint density at radius 2 is 1.69 bits per heavy atom. The summed E-state index contributed by atoms with van der Waals surface area (Å²) >= 11 is 2.26. The molecule has 4 rings (SSSR count). The Bertz CT molecular complexity index is 1270. The van der Waals surface area contributed by atoms with Crippen LogP contribution in [0.5, 0.6) is 0 Å². The molecule has 32 heavy (non-hydrogen) atoms. The van der Waals surface area contributed by atoms with Crippen LogP contribution in [0.25, 0.3) is 11.8 Å². The van der Waals surface area contributed by atoms with Crippen LogP contribution >= 0.6 is 22.6 Å². The van der Waals surface area contributed by atoms with Gasteiger partial charge in [-0.25, -0.2) is 9.69 Å². The zero-order valence-corrected chi connectivity index (χ0v) is 20.1. The van der Waals surface area contributed by atoms with E-state index < -0.39 is 17.8 Å². The van der Waals surface area contributed by atoms with Crippen molar-refractivity contribution >= 4 is 52.2 Å². The molecule has 1 aromatic heterocycles. The molecular formula is C25H22IN3O3. The highest BCUT2D eigenvalue weighted by atomic mass is 127. The number of benzene rings is 2. The van der Waals surface area contributed by atoms with Crippen molar-refractivity contribution in [3.63, 3.8) is 0 Å². The van der Waals surface area contributed by atoms with Gasteiger partial charge in [0.05, 0.1) is 5.69 Å². The fourth-order valence-electron chi connectivity index (χ4n) is 3.98. The Balaban J connectivity index is 1.77. The van der Waals surface area contributed by atoms with Gasteiger partial charge in [-0.1, -0.05) is 25.1 Å². The van der Waals surface area contributed by atoms with Crippen molar-refractivity contribution < 1.29 is 14.4 Å². The van der Waals surface area contributed by atoms with Gasteiger partial charge in [0.15, 0.2) is 0 Å². The van der Waals surface area contributed by atoms with Crippen LogP contribution in [0.3, 0.4) is 0 Å². The van der Waals surface area contributed by atoms with Crippen LogP contribution in [-0.4, -0.2) is 22.4 Å². The third kappa shape index (κ3) is 3.88. The van der Waals surface area contributed by atoms with E-state index in [-0.39, 0.29) is 5.57 Å². The van der Waals surface area contributed by atoms with Crippen molar-refractivity contribution in [1.29, 1.82) is 0 Å². The maximum Gasteiger partial charge on any atom is 0.335 e. The second kappa shape index (κ2) is 8.74. The highest BCUT2D eigenvalue weighted by molar-refractivity contribution is 14.1. The number of aryl methyl sites for hydroxylation is 2. The topological polar surface area (TPSA) is 71.4 Å². The van der Waals surface area contributed by atoms with Crippen molar-refractivity contribution in [1.82, 2.24) is 9.88 Å². The lowest BCUT2D eigenvalue weighted by Crippen LogP contribution is -2.54. The van der Waals surface area contributed by atoms with E-state index in [2.05, 4.69) is 32.5 Å². The molecule has 3 aromatic rings. The number of rotatable bonds is 4. The molecule has 0 saturated carbocycles. The summed E-state index contributed by atoms with van der Waals surface area (Å²) in [7, 11) is 0. The van der Waals surface area contributed by atoms with Crippen LogP contribution in [0.15, 0.2) is 60.2 Å². The molecule has 4 amide bonds. The Labute approximate surface area is 200 Å². The summed E-state index contributed by atoms with van der Waals surface area (Å²) in [5, 5.41) is 2.31. The second-order valence-corrected chi connectivity index (χ2v) is 8.82. The normalized spacial score (nSPS) is 15.4. The van der Waals surface area contributed by atoms with E-state index in [1.807, 2.05) is 63.2 Å². The number of hydrogen-bond acceptors (Lipinski definition) is 3. The van der Waals surface area contributed by atoms with E-state index in [0.717, 1.165) is 36.7 Å². The van der Waals surface area contributed by atoms with E-state index in [9.17, 15) is 14.4 Å². The van der Waals surface area contributed by atoms with Crippen LogP contribution in [0.4, 0.5) is 10.5 Å².